The van der Waals surface area contributed by atoms with Crippen LogP contribution in [0.5, 0.6) is 5.75 Å². The molecule has 4 rings (SSSR count). The van der Waals surface area contributed by atoms with Crippen molar-refractivity contribution in [3.8, 4) is 5.75 Å². The van der Waals surface area contributed by atoms with Gasteiger partial charge in [-0.3, -0.25) is 9.59 Å². The van der Waals surface area contributed by atoms with Gasteiger partial charge in [0.05, 0.1) is 5.69 Å². The number of ether oxygens (including phenoxy) is 1. The minimum atomic E-state index is -0.0937. The Hall–Kier alpha value is -2.82. The number of amides is 2. The Morgan fingerprint density at radius 2 is 1.85 bits per heavy atom. The lowest BCUT2D eigenvalue weighted by atomic mass is 10.0. The van der Waals surface area contributed by atoms with E-state index in [1.54, 1.807) is 4.90 Å². The number of likely N-dealkylation sites (tertiary alicyclic amines) is 1. The summed E-state index contributed by atoms with van der Waals surface area (Å²) in [5.41, 5.74) is 2.02. The van der Waals surface area contributed by atoms with Crippen molar-refractivity contribution in [1.82, 2.24) is 4.90 Å². The Bertz CT molecular complexity index is 821. The van der Waals surface area contributed by atoms with Crippen LogP contribution in [0.15, 0.2) is 54.6 Å². The van der Waals surface area contributed by atoms with Gasteiger partial charge in [0, 0.05) is 25.6 Å². The highest BCUT2D eigenvalue weighted by Crippen LogP contribution is 2.31. The van der Waals surface area contributed by atoms with Gasteiger partial charge in [0.15, 0.2) is 6.61 Å². The highest BCUT2D eigenvalue weighted by Gasteiger charge is 2.30. The number of hydrogen-bond acceptors (Lipinski definition) is 3. The van der Waals surface area contributed by atoms with Crippen molar-refractivity contribution in [3.63, 3.8) is 0 Å². The molecule has 1 fully saturated rings. The summed E-state index contributed by atoms with van der Waals surface area (Å²) >= 11 is 0. The van der Waals surface area contributed by atoms with Crippen LogP contribution < -0.4 is 9.64 Å². The number of nitrogens with zero attached hydrogens (tertiary/aromatic N) is 2. The molecule has 0 aliphatic carbocycles. The van der Waals surface area contributed by atoms with E-state index in [9.17, 15) is 9.59 Å². The molecular weight excluding hydrogens is 340 g/mol. The van der Waals surface area contributed by atoms with Crippen LogP contribution in [-0.4, -0.2) is 42.5 Å². The Balaban J connectivity index is 1.40. The summed E-state index contributed by atoms with van der Waals surface area (Å²) in [6, 6.07) is 18.1. The summed E-state index contributed by atoms with van der Waals surface area (Å²) < 4.78 is 5.47. The van der Waals surface area contributed by atoms with Crippen LogP contribution in [0.2, 0.25) is 0 Å². The zero-order valence-electron chi connectivity index (χ0n) is 15.3. The maximum absolute atomic E-state index is 12.9. The molecule has 0 N–H and O–H groups in total. The number of carbonyl (C=O) groups is 2. The summed E-state index contributed by atoms with van der Waals surface area (Å²) in [5, 5.41) is 0. The number of hydrogen-bond donors (Lipinski definition) is 0. The first kappa shape index (κ1) is 17.6. The molecular formula is C22H24N2O3. The Labute approximate surface area is 159 Å². The molecule has 0 bridgehead atoms. The average Bonchev–Trinajstić information content (AvgIpc) is 3.16. The van der Waals surface area contributed by atoms with Crippen molar-refractivity contribution in [1.29, 1.82) is 0 Å². The van der Waals surface area contributed by atoms with Gasteiger partial charge in [0.2, 0.25) is 5.91 Å². The summed E-state index contributed by atoms with van der Waals surface area (Å²) in [6.45, 7) is 1.24. The van der Waals surface area contributed by atoms with Crippen molar-refractivity contribution in [2.24, 2.45) is 0 Å². The SMILES string of the molecule is O=C1COc2ccccc2N1CCC(=O)N1CCCC1Cc1ccccc1. The van der Waals surface area contributed by atoms with Crippen molar-refractivity contribution in [2.75, 3.05) is 24.6 Å². The first-order valence-electron chi connectivity index (χ1n) is 9.58. The molecule has 0 radical (unpaired) electrons. The van der Waals surface area contributed by atoms with Crippen LogP contribution >= 0.6 is 0 Å². The van der Waals surface area contributed by atoms with E-state index in [4.69, 9.17) is 4.74 Å². The molecule has 0 saturated carbocycles. The van der Waals surface area contributed by atoms with Gasteiger partial charge in [0.25, 0.3) is 5.91 Å². The zero-order chi connectivity index (χ0) is 18.6. The lowest BCUT2D eigenvalue weighted by molar-refractivity contribution is -0.131. The number of carbonyl (C=O) groups excluding carboxylic acids is 2. The third-order valence-electron chi connectivity index (χ3n) is 5.37. The molecule has 27 heavy (non-hydrogen) atoms. The molecule has 2 aliphatic rings. The fourth-order valence-electron chi connectivity index (χ4n) is 4.01. The number of rotatable bonds is 5. The maximum atomic E-state index is 12.9. The van der Waals surface area contributed by atoms with Crippen LogP contribution in [0.1, 0.15) is 24.8 Å². The minimum absolute atomic E-state index is 0.0333. The molecule has 5 nitrogen and oxygen atoms in total. The van der Waals surface area contributed by atoms with E-state index in [1.807, 2.05) is 47.4 Å². The van der Waals surface area contributed by atoms with Gasteiger partial charge in [-0.2, -0.15) is 0 Å². The second kappa shape index (κ2) is 7.82. The molecule has 1 atom stereocenters. The van der Waals surface area contributed by atoms with Crippen LogP contribution in [0.25, 0.3) is 0 Å². The standard InChI is InChI=1S/C22H24N2O3/c25-21(23-13-6-9-18(23)15-17-7-2-1-3-8-17)12-14-24-19-10-4-5-11-20(19)27-16-22(24)26/h1-5,7-8,10-11,18H,6,9,12-16H2. The van der Waals surface area contributed by atoms with E-state index >= 15 is 0 Å². The second-order valence-electron chi connectivity index (χ2n) is 7.12. The molecule has 2 aromatic rings. The predicted molar refractivity (Wildman–Crippen MR) is 104 cm³/mol. The summed E-state index contributed by atoms with van der Waals surface area (Å²) in [5.74, 6) is 0.738. The normalized spacial score (nSPS) is 19.0. The molecule has 1 unspecified atom stereocenters. The topological polar surface area (TPSA) is 49.9 Å². The lowest BCUT2D eigenvalue weighted by Crippen LogP contribution is -2.43. The van der Waals surface area contributed by atoms with Crippen molar-refractivity contribution < 1.29 is 14.3 Å². The van der Waals surface area contributed by atoms with Crippen LogP contribution in [0.4, 0.5) is 5.69 Å². The monoisotopic (exact) mass is 364 g/mol. The first-order valence-corrected chi connectivity index (χ1v) is 9.58. The van der Waals surface area contributed by atoms with Gasteiger partial charge in [0.1, 0.15) is 5.75 Å². The Morgan fingerprint density at radius 1 is 1.07 bits per heavy atom. The van der Waals surface area contributed by atoms with Gasteiger partial charge in [-0.25, -0.2) is 0 Å². The van der Waals surface area contributed by atoms with Gasteiger partial charge >= 0.3 is 0 Å². The van der Waals surface area contributed by atoms with Crippen molar-refractivity contribution in [3.05, 3.63) is 60.2 Å². The largest absolute Gasteiger partial charge is 0.482 e. The second-order valence-corrected chi connectivity index (χ2v) is 7.12. The highest BCUT2D eigenvalue weighted by molar-refractivity contribution is 5.98. The lowest BCUT2D eigenvalue weighted by Gasteiger charge is -2.30. The molecule has 2 amide bonds. The molecule has 2 heterocycles. The average molecular weight is 364 g/mol. The third kappa shape index (κ3) is 3.82. The van der Waals surface area contributed by atoms with E-state index in [-0.39, 0.29) is 24.5 Å². The summed E-state index contributed by atoms with van der Waals surface area (Å²) in [6.07, 6.45) is 3.32. The van der Waals surface area contributed by atoms with Gasteiger partial charge in [-0.1, -0.05) is 42.5 Å². The molecule has 140 valence electrons. The quantitative estimate of drug-likeness (QED) is 0.819. The fraction of sp³-hybridized carbons (Fsp3) is 0.364. The van der Waals surface area contributed by atoms with Crippen molar-refractivity contribution >= 4 is 17.5 Å². The zero-order valence-corrected chi connectivity index (χ0v) is 15.3. The van der Waals surface area contributed by atoms with E-state index in [2.05, 4.69) is 12.1 Å². The maximum Gasteiger partial charge on any atom is 0.265 e. The molecule has 0 aromatic heterocycles. The molecule has 2 aromatic carbocycles. The molecule has 0 spiro atoms. The third-order valence-corrected chi connectivity index (χ3v) is 5.37. The van der Waals surface area contributed by atoms with Gasteiger partial charge in [-0.05, 0) is 37.0 Å². The van der Waals surface area contributed by atoms with Gasteiger partial charge in [-0.15, -0.1) is 0 Å². The summed E-state index contributed by atoms with van der Waals surface area (Å²) in [7, 11) is 0. The number of anilines is 1. The number of para-hydroxylation sites is 2. The molecule has 2 aliphatic heterocycles. The van der Waals surface area contributed by atoms with Crippen LogP contribution in [-0.2, 0) is 16.0 Å². The van der Waals surface area contributed by atoms with Crippen LogP contribution in [0, 0.1) is 0 Å². The Kier molecular flexibility index (Phi) is 5.10. The smallest absolute Gasteiger partial charge is 0.265 e. The van der Waals surface area contributed by atoms with Gasteiger partial charge < -0.3 is 14.5 Å². The van der Waals surface area contributed by atoms with E-state index in [1.165, 1.54) is 5.56 Å². The fourth-order valence-corrected chi connectivity index (χ4v) is 4.01. The van der Waals surface area contributed by atoms with E-state index in [0.717, 1.165) is 31.5 Å². The van der Waals surface area contributed by atoms with E-state index in [0.29, 0.717) is 18.7 Å². The first-order chi connectivity index (χ1) is 13.2. The molecule has 5 heteroatoms. The van der Waals surface area contributed by atoms with E-state index < -0.39 is 0 Å². The predicted octanol–water partition coefficient (Wildman–Crippen LogP) is 3.04. The van der Waals surface area contributed by atoms with Crippen molar-refractivity contribution in [2.45, 2.75) is 31.7 Å². The minimum Gasteiger partial charge on any atom is -0.482 e. The molecule has 1 saturated heterocycles. The van der Waals surface area contributed by atoms with Crippen LogP contribution in [0.3, 0.4) is 0 Å². The summed E-state index contributed by atoms with van der Waals surface area (Å²) in [4.78, 5) is 28.8. The number of benzene rings is 2. The Morgan fingerprint density at radius 3 is 2.70 bits per heavy atom. The highest BCUT2D eigenvalue weighted by atomic mass is 16.5. The number of fused-ring (bicyclic) bond motifs is 1.